The molecule has 0 amide bonds. The van der Waals surface area contributed by atoms with Gasteiger partial charge in [0.1, 0.15) is 24.8 Å². The van der Waals surface area contributed by atoms with E-state index in [-0.39, 0.29) is 12.9 Å². The summed E-state index contributed by atoms with van der Waals surface area (Å²) in [6, 6.07) is 17.2. The van der Waals surface area contributed by atoms with Crippen LogP contribution in [-0.4, -0.2) is 58.3 Å². The topological polar surface area (TPSA) is 62.0 Å². The highest BCUT2D eigenvalue weighted by Crippen LogP contribution is 2.35. The molecule has 6 nitrogen and oxygen atoms in total. The van der Waals surface area contributed by atoms with Crippen LogP contribution in [0.1, 0.15) is 37.2 Å². The summed E-state index contributed by atoms with van der Waals surface area (Å²) in [5.41, 5.74) is 3.83. The fraction of sp³-hybridized carbons (Fsp3) is 0.538. The van der Waals surface area contributed by atoms with Gasteiger partial charge in [0.2, 0.25) is 0 Å². The van der Waals surface area contributed by atoms with E-state index >= 15 is 0 Å². The second kappa shape index (κ2) is 10.8. The van der Waals surface area contributed by atoms with Crippen LogP contribution >= 0.6 is 0 Å². The van der Waals surface area contributed by atoms with E-state index in [1.165, 1.54) is 16.7 Å². The Bertz CT molecular complexity index is 820. The van der Waals surface area contributed by atoms with E-state index in [4.69, 9.17) is 28.4 Å². The summed E-state index contributed by atoms with van der Waals surface area (Å²) in [4.78, 5) is 0. The van der Waals surface area contributed by atoms with Crippen LogP contribution < -0.4 is 4.74 Å². The summed E-state index contributed by atoms with van der Waals surface area (Å²) >= 11 is 0. The maximum atomic E-state index is 5.87. The minimum atomic E-state index is 0.254. The van der Waals surface area contributed by atoms with Crippen LogP contribution in [0.3, 0.4) is 0 Å². The third-order valence-electron chi connectivity index (χ3n) is 6.35. The number of hydrogen-bond acceptors (Lipinski definition) is 6. The van der Waals surface area contributed by atoms with Crippen molar-refractivity contribution in [1.29, 1.82) is 0 Å². The summed E-state index contributed by atoms with van der Waals surface area (Å²) in [7, 11) is 0. The van der Waals surface area contributed by atoms with E-state index in [9.17, 15) is 0 Å². The first kappa shape index (κ1) is 21.9. The summed E-state index contributed by atoms with van der Waals surface area (Å²) in [5.74, 6) is 1.42. The van der Waals surface area contributed by atoms with Crippen molar-refractivity contribution in [1.82, 2.24) is 0 Å². The molecular formula is C26H32O6. The predicted molar refractivity (Wildman–Crippen MR) is 120 cm³/mol. The van der Waals surface area contributed by atoms with Gasteiger partial charge in [-0.15, -0.1) is 0 Å². The van der Waals surface area contributed by atoms with Gasteiger partial charge in [-0.2, -0.15) is 0 Å². The monoisotopic (exact) mass is 440 g/mol. The zero-order valence-corrected chi connectivity index (χ0v) is 18.4. The van der Waals surface area contributed by atoms with E-state index in [1.54, 1.807) is 0 Å². The second-order valence-corrected chi connectivity index (χ2v) is 8.82. The molecule has 2 unspecified atom stereocenters. The molecule has 2 atom stereocenters. The van der Waals surface area contributed by atoms with Crippen molar-refractivity contribution in [3.63, 3.8) is 0 Å². The Morgan fingerprint density at radius 1 is 0.688 bits per heavy atom. The standard InChI is InChI=1S/C26H32O6/c1-2-20(22-7-11-24(12-8-22)32-18-28-14-26-16-30-26)4-3-19(1)21-5-9-23(10-6-21)31-17-27-13-25-15-29-25/h1-6,9-10,22,24-26H,7-8,11-18H2. The summed E-state index contributed by atoms with van der Waals surface area (Å²) in [6.07, 6.45) is 5.39. The minimum Gasteiger partial charge on any atom is -0.468 e. The summed E-state index contributed by atoms with van der Waals surface area (Å²) < 4.78 is 32.7. The average molecular weight is 441 g/mol. The molecular weight excluding hydrogens is 408 g/mol. The molecule has 1 saturated carbocycles. The molecule has 0 N–H and O–H groups in total. The smallest absolute Gasteiger partial charge is 0.189 e. The zero-order chi connectivity index (χ0) is 21.6. The molecule has 32 heavy (non-hydrogen) atoms. The van der Waals surface area contributed by atoms with E-state index in [0.717, 1.165) is 44.6 Å². The van der Waals surface area contributed by atoms with Gasteiger partial charge >= 0.3 is 0 Å². The summed E-state index contributed by atoms with van der Waals surface area (Å²) in [6.45, 7) is 3.52. The fourth-order valence-electron chi connectivity index (χ4n) is 4.20. The van der Waals surface area contributed by atoms with Crippen molar-refractivity contribution in [2.45, 2.75) is 49.9 Å². The first-order valence-corrected chi connectivity index (χ1v) is 11.7. The number of epoxide rings is 2. The van der Waals surface area contributed by atoms with Crippen LogP contribution in [-0.2, 0) is 23.7 Å². The van der Waals surface area contributed by atoms with Gasteiger partial charge < -0.3 is 28.4 Å². The molecule has 2 aromatic rings. The highest BCUT2D eigenvalue weighted by atomic mass is 16.7. The molecule has 6 heteroatoms. The van der Waals surface area contributed by atoms with Gasteiger partial charge in [-0.25, -0.2) is 0 Å². The first-order chi connectivity index (χ1) is 15.8. The fourth-order valence-corrected chi connectivity index (χ4v) is 4.20. The van der Waals surface area contributed by atoms with Gasteiger partial charge in [0.15, 0.2) is 6.79 Å². The first-order valence-electron chi connectivity index (χ1n) is 11.7. The van der Waals surface area contributed by atoms with Gasteiger partial charge in [0.05, 0.1) is 32.5 Å². The van der Waals surface area contributed by atoms with Crippen LogP contribution in [0.2, 0.25) is 0 Å². The van der Waals surface area contributed by atoms with Crippen LogP contribution in [0.5, 0.6) is 5.75 Å². The maximum Gasteiger partial charge on any atom is 0.189 e. The lowest BCUT2D eigenvalue weighted by molar-refractivity contribution is -0.102. The van der Waals surface area contributed by atoms with Crippen molar-refractivity contribution in [3.05, 3.63) is 54.1 Å². The molecule has 172 valence electrons. The molecule has 2 heterocycles. The quantitative estimate of drug-likeness (QED) is 0.275. The van der Waals surface area contributed by atoms with E-state index in [2.05, 4.69) is 36.4 Å². The average Bonchev–Trinajstić information content (AvgIpc) is 3.76. The summed E-state index contributed by atoms with van der Waals surface area (Å²) in [5, 5.41) is 0. The van der Waals surface area contributed by atoms with Gasteiger partial charge in [0.25, 0.3) is 0 Å². The van der Waals surface area contributed by atoms with E-state index in [0.29, 0.717) is 38.1 Å². The van der Waals surface area contributed by atoms with Gasteiger partial charge in [0, 0.05) is 0 Å². The Morgan fingerprint density at radius 3 is 1.84 bits per heavy atom. The number of benzene rings is 2. The molecule has 2 saturated heterocycles. The third-order valence-corrected chi connectivity index (χ3v) is 6.35. The zero-order valence-electron chi connectivity index (χ0n) is 18.4. The Balaban J connectivity index is 1.04. The van der Waals surface area contributed by atoms with Crippen molar-refractivity contribution in [3.8, 4) is 16.9 Å². The van der Waals surface area contributed by atoms with Crippen LogP contribution in [0, 0.1) is 0 Å². The molecule has 0 spiro atoms. The second-order valence-electron chi connectivity index (χ2n) is 8.82. The van der Waals surface area contributed by atoms with Gasteiger partial charge in [-0.3, -0.25) is 0 Å². The Labute approximate surface area is 189 Å². The highest BCUT2D eigenvalue weighted by molar-refractivity contribution is 5.64. The van der Waals surface area contributed by atoms with Crippen molar-refractivity contribution >= 4 is 0 Å². The molecule has 0 radical (unpaired) electrons. The normalized spacial score (nSPS) is 26.6. The van der Waals surface area contributed by atoms with Gasteiger partial charge in [-0.05, 0) is 60.4 Å². The molecule has 0 bridgehead atoms. The molecule has 0 aromatic heterocycles. The van der Waals surface area contributed by atoms with Crippen molar-refractivity contribution < 1.29 is 28.4 Å². The maximum absolute atomic E-state index is 5.87. The number of hydrogen-bond donors (Lipinski definition) is 0. The Morgan fingerprint density at radius 2 is 1.25 bits per heavy atom. The molecule has 1 aliphatic carbocycles. The SMILES string of the molecule is c1cc(-c2ccc(C3CCC(OCOCC4CO4)CC3)cc2)ccc1OCOCC1CO1. The number of rotatable bonds is 12. The largest absolute Gasteiger partial charge is 0.468 e. The number of ether oxygens (including phenoxy) is 6. The lowest BCUT2D eigenvalue weighted by Gasteiger charge is -2.28. The minimum absolute atomic E-state index is 0.254. The van der Waals surface area contributed by atoms with Crippen molar-refractivity contribution in [2.24, 2.45) is 0 Å². The highest BCUT2D eigenvalue weighted by Gasteiger charge is 2.25. The van der Waals surface area contributed by atoms with Crippen LogP contribution in [0.15, 0.2) is 48.5 Å². The van der Waals surface area contributed by atoms with Crippen molar-refractivity contribution in [2.75, 3.05) is 40.0 Å². The molecule has 3 aliphatic rings. The lowest BCUT2D eigenvalue weighted by Crippen LogP contribution is -2.22. The lowest BCUT2D eigenvalue weighted by atomic mass is 9.82. The molecule has 3 fully saturated rings. The van der Waals surface area contributed by atoms with E-state index < -0.39 is 0 Å². The predicted octanol–water partition coefficient (Wildman–Crippen LogP) is 4.52. The van der Waals surface area contributed by atoms with Gasteiger partial charge in [-0.1, -0.05) is 36.4 Å². The van der Waals surface area contributed by atoms with E-state index in [1.807, 2.05) is 12.1 Å². The molecule has 2 aromatic carbocycles. The molecule has 5 rings (SSSR count). The van der Waals surface area contributed by atoms with Crippen LogP contribution in [0.4, 0.5) is 0 Å². The van der Waals surface area contributed by atoms with Crippen LogP contribution in [0.25, 0.3) is 11.1 Å². The molecule has 2 aliphatic heterocycles. The Hall–Kier alpha value is -1.96. The Kier molecular flexibility index (Phi) is 7.36. The third kappa shape index (κ3) is 6.53.